The Bertz CT molecular complexity index is 1200. The predicted octanol–water partition coefficient (Wildman–Crippen LogP) is 3.69. The summed E-state index contributed by atoms with van der Waals surface area (Å²) in [7, 11) is 0. The maximum atomic E-state index is 12.8. The summed E-state index contributed by atoms with van der Waals surface area (Å²) in [5.41, 5.74) is 0.144. The summed E-state index contributed by atoms with van der Waals surface area (Å²) in [6, 6.07) is 13.6. The molecule has 0 radical (unpaired) electrons. The fourth-order valence-electron chi connectivity index (χ4n) is 3.11. The second-order valence-electron chi connectivity index (χ2n) is 6.55. The van der Waals surface area contributed by atoms with E-state index in [2.05, 4.69) is 10.3 Å². The molecule has 2 N–H and O–H groups in total. The Morgan fingerprint density at radius 3 is 2.32 bits per heavy atom. The molecule has 0 unspecified atom stereocenters. The summed E-state index contributed by atoms with van der Waals surface area (Å²) >= 11 is 0. The lowest BCUT2D eigenvalue weighted by Crippen LogP contribution is -2.24. The number of carbonyl (C=O) groups excluding carboxylic acids is 2. The number of nitro benzene ring substituents is 1. The van der Waals surface area contributed by atoms with E-state index in [-0.39, 0.29) is 34.8 Å². The summed E-state index contributed by atoms with van der Waals surface area (Å²) in [5.74, 6) is -1.24. The molecule has 2 aromatic carbocycles. The van der Waals surface area contributed by atoms with E-state index in [1.807, 2.05) is 0 Å². The first-order valence-electron chi connectivity index (χ1n) is 9.38. The number of aryl methyl sites for hydroxylation is 1. The van der Waals surface area contributed by atoms with Crippen molar-refractivity contribution in [1.82, 2.24) is 4.98 Å². The number of pyridine rings is 1. The molecule has 1 amide bonds. The fourth-order valence-corrected chi connectivity index (χ4v) is 3.11. The van der Waals surface area contributed by atoms with E-state index in [1.165, 1.54) is 31.2 Å². The molecule has 3 aromatic rings. The minimum absolute atomic E-state index is 0.0543. The number of nitro groups is 1. The Morgan fingerprint density at radius 2 is 1.74 bits per heavy atom. The lowest BCUT2D eigenvalue weighted by molar-refractivity contribution is -0.384. The van der Waals surface area contributed by atoms with E-state index < -0.39 is 22.4 Å². The fraction of sp³-hybridized carbons (Fsp3) is 0.136. The Balaban J connectivity index is 2.22. The van der Waals surface area contributed by atoms with Gasteiger partial charge >= 0.3 is 5.97 Å². The Labute approximate surface area is 176 Å². The molecule has 0 spiro atoms. The van der Waals surface area contributed by atoms with Gasteiger partial charge in [0.1, 0.15) is 5.69 Å². The molecule has 0 bridgehead atoms. The first-order valence-corrected chi connectivity index (χ1v) is 9.38. The van der Waals surface area contributed by atoms with Crippen LogP contribution in [0.3, 0.4) is 0 Å². The second-order valence-corrected chi connectivity index (χ2v) is 6.55. The maximum absolute atomic E-state index is 12.8. The van der Waals surface area contributed by atoms with Gasteiger partial charge in [0.25, 0.3) is 17.2 Å². The van der Waals surface area contributed by atoms with Gasteiger partial charge in [-0.3, -0.25) is 19.7 Å². The molecule has 9 nitrogen and oxygen atoms in total. The van der Waals surface area contributed by atoms with Crippen LogP contribution >= 0.6 is 0 Å². The highest BCUT2D eigenvalue weighted by Crippen LogP contribution is 2.32. The average molecular weight is 421 g/mol. The lowest BCUT2D eigenvalue weighted by Gasteiger charge is -2.17. The number of aromatic amines is 1. The summed E-state index contributed by atoms with van der Waals surface area (Å²) in [6.45, 7) is 3.27. The number of nitrogens with one attached hydrogen (secondary N) is 2. The number of benzene rings is 2. The molecule has 1 aromatic heterocycles. The molecule has 0 saturated heterocycles. The third-order valence-corrected chi connectivity index (χ3v) is 4.52. The van der Waals surface area contributed by atoms with Gasteiger partial charge < -0.3 is 15.0 Å². The van der Waals surface area contributed by atoms with Gasteiger partial charge in [-0.1, -0.05) is 18.2 Å². The monoisotopic (exact) mass is 421 g/mol. The molecule has 0 aliphatic rings. The number of hydrogen-bond acceptors (Lipinski definition) is 6. The van der Waals surface area contributed by atoms with Crippen molar-refractivity contribution in [2.75, 3.05) is 11.9 Å². The van der Waals surface area contributed by atoms with Gasteiger partial charge in [0.05, 0.1) is 17.1 Å². The molecule has 31 heavy (non-hydrogen) atoms. The van der Waals surface area contributed by atoms with Crippen molar-refractivity contribution in [1.29, 1.82) is 0 Å². The zero-order valence-corrected chi connectivity index (χ0v) is 16.8. The summed E-state index contributed by atoms with van der Waals surface area (Å²) in [5, 5.41) is 13.6. The standard InChI is InChI=1S/C22H19N3O6/c1-3-31-22(28)17-13(2)23-21(27)19(24-20(26)15-7-5-4-6-8-15)18(17)14-9-11-16(12-10-14)25(29)30/h4-12H,3H2,1-2H3,(H,23,27)(H,24,26). The highest BCUT2D eigenvalue weighted by Gasteiger charge is 2.25. The SMILES string of the molecule is CCOC(=O)c1c(C)[nH]c(=O)c(NC(=O)c2ccccc2)c1-c1ccc([N+](=O)[O-])cc1. The number of anilines is 1. The van der Waals surface area contributed by atoms with Gasteiger partial charge in [0, 0.05) is 29.0 Å². The van der Waals surface area contributed by atoms with Crippen LogP contribution in [0.2, 0.25) is 0 Å². The Kier molecular flexibility index (Phi) is 6.25. The van der Waals surface area contributed by atoms with Crippen molar-refractivity contribution in [3.05, 3.63) is 91.9 Å². The Hall–Kier alpha value is -4.27. The molecule has 0 aliphatic heterocycles. The van der Waals surface area contributed by atoms with Gasteiger partial charge in [0.2, 0.25) is 0 Å². The van der Waals surface area contributed by atoms with Crippen molar-refractivity contribution in [2.24, 2.45) is 0 Å². The molecule has 0 aliphatic carbocycles. The van der Waals surface area contributed by atoms with Crippen LogP contribution in [-0.4, -0.2) is 28.4 Å². The number of nitrogens with zero attached hydrogens (tertiary/aromatic N) is 1. The van der Waals surface area contributed by atoms with Gasteiger partial charge in [-0.25, -0.2) is 4.79 Å². The van der Waals surface area contributed by atoms with Crippen LogP contribution in [0.1, 0.15) is 33.3 Å². The first kappa shape index (κ1) is 21.4. The van der Waals surface area contributed by atoms with Crippen molar-refractivity contribution >= 4 is 23.3 Å². The van der Waals surface area contributed by atoms with Crippen LogP contribution in [0.25, 0.3) is 11.1 Å². The third kappa shape index (κ3) is 4.50. The van der Waals surface area contributed by atoms with Crippen molar-refractivity contribution in [3.63, 3.8) is 0 Å². The smallest absolute Gasteiger partial charge is 0.340 e. The number of rotatable bonds is 6. The minimum Gasteiger partial charge on any atom is -0.462 e. The number of non-ortho nitro benzene ring substituents is 1. The molecule has 3 rings (SSSR count). The quantitative estimate of drug-likeness (QED) is 0.354. The summed E-state index contributed by atoms with van der Waals surface area (Å²) in [4.78, 5) is 51.2. The average Bonchev–Trinajstić information content (AvgIpc) is 2.76. The van der Waals surface area contributed by atoms with E-state index in [4.69, 9.17) is 4.74 Å². The molecular weight excluding hydrogens is 402 g/mol. The molecule has 0 saturated carbocycles. The number of amides is 1. The highest BCUT2D eigenvalue weighted by atomic mass is 16.6. The van der Waals surface area contributed by atoms with E-state index >= 15 is 0 Å². The highest BCUT2D eigenvalue weighted by molar-refractivity contribution is 6.09. The van der Waals surface area contributed by atoms with E-state index in [0.717, 1.165) is 0 Å². The van der Waals surface area contributed by atoms with Crippen molar-refractivity contribution in [2.45, 2.75) is 13.8 Å². The number of ether oxygens (including phenoxy) is 1. The van der Waals surface area contributed by atoms with Gasteiger partial charge in [-0.05, 0) is 43.7 Å². The number of H-pyrrole nitrogens is 1. The van der Waals surface area contributed by atoms with E-state index in [0.29, 0.717) is 11.1 Å². The lowest BCUT2D eigenvalue weighted by atomic mass is 9.96. The molecular formula is C22H19N3O6. The normalized spacial score (nSPS) is 10.4. The maximum Gasteiger partial charge on any atom is 0.340 e. The van der Waals surface area contributed by atoms with Gasteiger partial charge in [-0.2, -0.15) is 0 Å². The molecule has 0 fully saturated rings. The largest absolute Gasteiger partial charge is 0.462 e. The molecule has 9 heteroatoms. The number of carbonyl (C=O) groups is 2. The van der Waals surface area contributed by atoms with Crippen LogP contribution in [0.15, 0.2) is 59.4 Å². The van der Waals surface area contributed by atoms with Crippen LogP contribution in [0.4, 0.5) is 11.4 Å². The van der Waals surface area contributed by atoms with Gasteiger partial charge in [-0.15, -0.1) is 0 Å². The van der Waals surface area contributed by atoms with E-state index in [1.54, 1.807) is 37.3 Å². The minimum atomic E-state index is -0.695. The van der Waals surface area contributed by atoms with Crippen LogP contribution in [0, 0.1) is 17.0 Å². The first-order chi connectivity index (χ1) is 14.8. The van der Waals surface area contributed by atoms with Gasteiger partial charge in [0.15, 0.2) is 0 Å². The molecule has 1 heterocycles. The molecule has 158 valence electrons. The van der Waals surface area contributed by atoms with Crippen molar-refractivity contribution in [3.8, 4) is 11.1 Å². The number of hydrogen-bond donors (Lipinski definition) is 2. The summed E-state index contributed by atoms with van der Waals surface area (Å²) in [6.07, 6.45) is 0. The number of esters is 1. The Morgan fingerprint density at radius 1 is 1.10 bits per heavy atom. The van der Waals surface area contributed by atoms with E-state index in [9.17, 15) is 24.5 Å². The van der Waals surface area contributed by atoms with Crippen LogP contribution in [0.5, 0.6) is 0 Å². The number of aromatic nitrogens is 1. The van der Waals surface area contributed by atoms with Crippen molar-refractivity contribution < 1.29 is 19.2 Å². The predicted molar refractivity (Wildman–Crippen MR) is 114 cm³/mol. The second kappa shape index (κ2) is 9.04. The zero-order valence-electron chi connectivity index (χ0n) is 16.8. The third-order valence-electron chi connectivity index (χ3n) is 4.52. The van der Waals surface area contributed by atoms with Crippen LogP contribution in [-0.2, 0) is 4.74 Å². The molecule has 0 atom stereocenters. The summed E-state index contributed by atoms with van der Waals surface area (Å²) < 4.78 is 5.14. The van der Waals surface area contributed by atoms with Crippen LogP contribution < -0.4 is 10.9 Å². The zero-order chi connectivity index (χ0) is 22.5. The topological polar surface area (TPSA) is 131 Å².